The summed E-state index contributed by atoms with van der Waals surface area (Å²) in [5.41, 5.74) is 2.69. The van der Waals surface area contributed by atoms with Crippen LogP contribution in [0.5, 0.6) is 0 Å². The minimum Gasteiger partial charge on any atom is -0.755 e. The van der Waals surface area contributed by atoms with E-state index in [1.165, 1.54) is 4.31 Å². The number of pyridine rings is 1. The lowest BCUT2D eigenvalue weighted by atomic mass is 10.0. The van der Waals surface area contributed by atoms with Crippen molar-refractivity contribution < 1.29 is 8.76 Å². The number of rotatable bonds is 4. The van der Waals surface area contributed by atoms with Crippen molar-refractivity contribution in [1.29, 1.82) is 0 Å². The maximum atomic E-state index is 11.5. The molecule has 4 nitrogen and oxygen atoms in total. The number of nitrogens with zero attached hydrogens (tertiary/aromatic N) is 2. The van der Waals surface area contributed by atoms with Crippen LogP contribution in [-0.2, 0) is 11.3 Å². The lowest BCUT2D eigenvalue weighted by Gasteiger charge is -2.26. The first kappa shape index (κ1) is 14.7. The van der Waals surface area contributed by atoms with E-state index in [1.54, 1.807) is 12.4 Å². The molecule has 0 saturated heterocycles. The van der Waals surface area contributed by atoms with E-state index < -0.39 is 11.3 Å². The summed E-state index contributed by atoms with van der Waals surface area (Å²) in [6.45, 7) is 2.20. The first-order valence-electron chi connectivity index (χ1n) is 7.01. The standard InChI is InChI=1S/C17H16N2O2S/c1-2-19(22(20)21)17-11-14(13-6-4-3-5-7-13)10-15-12-18-9-8-16(15)17/h3-12H,2H2,1H3,(H,20,21)/p-1. The molecule has 2 aromatic carbocycles. The highest BCUT2D eigenvalue weighted by atomic mass is 32.2. The van der Waals surface area contributed by atoms with Crippen molar-refractivity contribution >= 4 is 27.7 Å². The molecule has 0 spiro atoms. The molecule has 1 atom stereocenters. The number of benzene rings is 2. The summed E-state index contributed by atoms with van der Waals surface area (Å²) in [7, 11) is 0. The van der Waals surface area contributed by atoms with E-state index in [0.29, 0.717) is 12.2 Å². The van der Waals surface area contributed by atoms with Crippen molar-refractivity contribution in [2.45, 2.75) is 6.92 Å². The molecule has 5 heteroatoms. The van der Waals surface area contributed by atoms with E-state index in [9.17, 15) is 8.76 Å². The Labute approximate surface area is 131 Å². The van der Waals surface area contributed by atoms with Crippen LogP contribution in [-0.4, -0.2) is 20.3 Å². The largest absolute Gasteiger partial charge is 0.755 e. The van der Waals surface area contributed by atoms with Gasteiger partial charge in [0.25, 0.3) is 0 Å². The third kappa shape index (κ3) is 2.73. The van der Waals surface area contributed by atoms with Gasteiger partial charge < -0.3 is 8.86 Å². The second-order valence-electron chi connectivity index (χ2n) is 4.87. The summed E-state index contributed by atoms with van der Waals surface area (Å²) in [4.78, 5) is 4.15. The fraction of sp³-hybridized carbons (Fsp3) is 0.118. The Hall–Kier alpha value is -2.24. The molecule has 0 saturated carbocycles. The molecular weight excluding hydrogens is 296 g/mol. The van der Waals surface area contributed by atoms with E-state index in [2.05, 4.69) is 4.98 Å². The summed E-state index contributed by atoms with van der Waals surface area (Å²) >= 11 is -2.31. The van der Waals surface area contributed by atoms with Gasteiger partial charge in [0.15, 0.2) is 0 Å². The average Bonchev–Trinajstić information content (AvgIpc) is 2.56. The van der Waals surface area contributed by atoms with E-state index >= 15 is 0 Å². The second kappa shape index (κ2) is 6.25. The number of hydrogen-bond acceptors (Lipinski definition) is 3. The Morgan fingerprint density at radius 1 is 1.14 bits per heavy atom. The molecule has 3 aromatic rings. The van der Waals surface area contributed by atoms with Crippen LogP contribution in [0, 0.1) is 0 Å². The molecule has 22 heavy (non-hydrogen) atoms. The van der Waals surface area contributed by atoms with Crippen LogP contribution < -0.4 is 4.31 Å². The summed E-state index contributed by atoms with van der Waals surface area (Å²) < 4.78 is 24.4. The van der Waals surface area contributed by atoms with Crippen LogP contribution in [0.1, 0.15) is 6.92 Å². The first-order chi connectivity index (χ1) is 10.7. The van der Waals surface area contributed by atoms with Gasteiger partial charge in [-0.2, -0.15) is 0 Å². The Balaban J connectivity index is 2.27. The maximum Gasteiger partial charge on any atom is 0.0568 e. The number of fused-ring (bicyclic) bond motifs is 1. The highest BCUT2D eigenvalue weighted by Crippen LogP contribution is 2.33. The quantitative estimate of drug-likeness (QED) is 0.693. The van der Waals surface area contributed by atoms with Crippen LogP contribution in [0.3, 0.4) is 0 Å². The van der Waals surface area contributed by atoms with E-state index in [0.717, 1.165) is 21.9 Å². The molecule has 1 aromatic heterocycles. The van der Waals surface area contributed by atoms with Crippen LogP contribution in [0.2, 0.25) is 0 Å². The average molecular weight is 311 g/mol. The van der Waals surface area contributed by atoms with Gasteiger partial charge >= 0.3 is 0 Å². The van der Waals surface area contributed by atoms with Gasteiger partial charge in [0.05, 0.1) is 5.69 Å². The fourth-order valence-electron chi connectivity index (χ4n) is 2.55. The second-order valence-corrected chi connectivity index (χ2v) is 5.75. The summed E-state index contributed by atoms with van der Waals surface area (Å²) in [6, 6.07) is 15.7. The molecule has 0 amide bonds. The molecule has 0 aliphatic carbocycles. The SMILES string of the molecule is CCN(c1cc(-c2ccccc2)cc2cnccc12)S(=O)[O-]. The zero-order chi connectivity index (χ0) is 15.5. The Morgan fingerprint density at radius 3 is 2.59 bits per heavy atom. The minimum absolute atomic E-state index is 0.381. The van der Waals surface area contributed by atoms with Crippen LogP contribution in [0.15, 0.2) is 60.9 Å². The Morgan fingerprint density at radius 2 is 1.91 bits per heavy atom. The molecule has 0 aliphatic heterocycles. The minimum atomic E-state index is -2.31. The highest BCUT2D eigenvalue weighted by Gasteiger charge is 2.12. The lowest BCUT2D eigenvalue weighted by Crippen LogP contribution is -2.25. The maximum absolute atomic E-state index is 11.5. The molecule has 1 unspecified atom stereocenters. The monoisotopic (exact) mass is 311 g/mol. The zero-order valence-electron chi connectivity index (χ0n) is 12.1. The van der Waals surface area contributed by atoms with Gasteiger partial charge in [-0.3, -0.25) is 9.19 Å². The van der Waals surface area contributed by atoms with Crippen molar-refractivity contribution in [1.82, 2.24) is 4.98 Å². The molecule has 112 valence electrons. The normalized spacial score (nSPS) is 12.3. The summed E-state index contributed by atoms with van der Waals surface area (Å²) in [6.07, 6.45) is 3.43. The molecule has 3 rings (SSSR count). The molecule has 0 fully saturated rings. The molecule has 0 radical (unpaired) electrons. The van der Waals surface area contributed by atoms with E-state index in [4.69, 9.17) is 0 Å². The van der Waals surface area contributed by atoms with Crippen molar-refractivity contribution in [2.75, 3.05) is 10.8 Å². The topological polar surface area (TPSA) is 56.3 Å². The van der Waals surface area contributed by atoms with Gasteiger partial charge in [-0.1, -0.05) is 30.3 Å². The van der Waals surface area contributed by atoms with Crippen LogP contribution in [0.25, 0.3) is 21.9 Å². The van der Waals surface area contributed by atoms with Crippen LogP contribution in [0.4, 0.5) is 5.69 Å². The van der Waals surface area contributed by atoms with Gasteiger partial charge in [0.1, 0.15) is 0 Å². The van der Waals surface area contributed by atoms with Gasteiger partial charge in [-0.25, -0.2) is 0 Å². The number of aromatic nitrogens is 1. The van der Waals surface area contributed by atoms with Gasteiger partial charge in [0, 0.05) is 41.0 Å². The Bertz CT molecular complexity index is 821. The van der Waals surface area contributed by atoms with E-state index in [1.807, 2.05) is 55.5 Å². The van der Waals surface area contributed by atoms with Crippen molar-refractivity contribution in [2.24, 2.45) is 0 Å². The molecule has 0 N–H and O–H groups in total. The predicted octanol–water partition coefficient (Wildman–Crippen LogP) is 3.52. The Kier molecular flexibility index (Phi) is 4.18. The van der Waals surface area contributed by atoms with Gasteiger partial charge in [-0.05, 0) is 36.2 Å². The predicted molar refractivity (Wildman–Crippen MR) is 89.1 cm³/mol. The number of hydrogen-bond donors (Lipinski definition) is 0. The molecular formula is C17H15N2O2S-. The third-order valence-electron chi connectivity index (χ3n) is 3.57. The van der Waals surface area contributed by atoms with E-state index in [-0.39, 0.29) is 0 Å². The number of anilines is 1. The van der Waals surface area contributed by atoms with Gasteiger partial charge in [0.2, 0.25) is 0 Å². The molecule has 0 aliphatic rings. The van der Waals surface area contributed by atoms with Crippen molar-refractivity contribution in [3.05, 3.63) is 60.9 Å². The molecule has 1 heterocycles. The van der Waals surface area contributed by atoms with Crippen molar-refractivity contribution in [3.8, 4) is 11.1 Å². The van der Waals surface area contributed by atoms with Crippen molar-refractivity contribution in [3.63, 3.8) is 0 Å². The first-order valence-corrected chi connectivity index (χ1v) is 8.04. The summed E-state index contributed by atoms with van der Waals surface area (Å²) in [5.74, 6) is 0. The lowest BCUT2D eigenvalue weighted by molar-refractivity contribution is 0.533. The molecule has 0 bridgehead atoms. The summed E-state index contributed by atoms with van der Waals surface area (Å²) in [5, 5.41) is 1.79. The van der Waals surface area contributed by atoms with Crippen LogP contribution >= 0.6 is 0 Å². The zero-order valence-corrected chi connectivity index (χ0v) is 12.9. The fourth-order valence-corrected chi connectivity index (χ4v) is 3.07. The highest BCUT2D eigenvalue weighted by molar-refractivity contribution is 7.80. The smallest absolute Gasteiger partial charge is 0.0568 e. The third-order valence-corrected chi connectivity index (χ3v) is 4.39. The van der Waals surface area contributed by atoms with Gasteiger partial charge in [-0.15, -0.1) is 0 Å².